The number of anilines is 2. The Balaban J connectivity index is 2.14. The molecular formula is C12H15ClN4. The molecule has 0 aliphatic heterocycles. The van der Waals surface area contributed by atoms with Crippen molar-refractivity contribution in [2.45, 2.75) is 20.4 Å². The highest BCUT2D eigenvalue weighted by atomic mass is 35.5. The second kappa shape index (κ2) is 4.67. The Morgan fingerprint density at radius 3 is 2.82 bits per heavy atom. The van der Waals surface area contributed by atoms with E-state index in [9.17, 15) is 0 Å². The predicted molar refractivity (Wildman–Crippen MR) is 71.3 cm³/mol. The SMILES string of the molecule is Cc1cc(N)c(Cl)cc1NCc1cn[nH]c1C. The number of nitrogens with one attached hydrogen (secondary N) is 2. The number of hydrogen-bond acceptors (Lipinski definition) is 3. The third kappa shape index (κ3) is 2.53. The molecular weight excluding hydrogens is 236 g/mol. The number of aromatic amines is 1. The van der Waals surface area contributed by atoms with Crippen molar-refractivity contribution >= 4 is 23.0 Å². The summed E-state index contributed by atoms with van der Waals surface area (Å²) >= 11 is 5.99. The van der Waals surface area contributed by atoms with Crippen LogP contribution in [0.25, 0.3) is 0 Å². The third-order valence-corrected chi connectivity index (χ3v) is 3.07. The van der Waals surface area contributed by atoms with Gasteiger partial charge in [-0.2, -0.15) is 5.10 Å². The van der Waals surface area contributed by atoms with Crippen LogP contribution in [-0.2, 0) is 6.54 Å². The van der Waals surface area contributed by atoms with E-state index in [1.165, 1.54) is 0 Å². The van der Waals surface area contributed by atoms with Crippen LogP contribution in [0.3, 0.4) is 0 Å². The van der Waals surface area contributed by atoms with Gasteiger partial charge in [0.05, 0.1) is 16.9 Å². The monoisotopic (exact) mass is 250 g/mol. The maximum absolute atomic E-state index is 5.99. The average molecular weight is 251 g/mol. The first-order valence-electron chi connectivity index (χ1n) is 5.36. The summed E-state index contributed by atoms with van der Waals surface area (Å²) in [6.07, 6.45) is 1.82. The third-order valence-electron chi connectivity index (χ3n) is 2.75. The molecule has 4 nitrogen and oxygen atoms in total. The van der Waals surface area contributed by atoms with Crippen LogP contribution >= 0.6 is 11.6 Å². The zero-order valence-corrected chi connectivity index (χ0v) is 10.6. The van der Waals surface area contributed by atoms with Crippen molar-refractivity contribution in [2.75, 3.05) is 11.1 Å². The van der Waals surface area contributed by atoms with E-state index in [4.69, 9.17) is 17.3 Å². The Hall–Kier alpha value is -1.68. The highest BCUT2D eigenvalue weighted by Gasteiger charge is 2.05. The van der Waals surface area contributed by atoms with Crippen molar-refractivity contribution in [1.82, 2.24) is 10.2 Å². The van der Waals surface area contributed by atoms with Crippen molar-refractivity contribution in [3.05, 3.63) is 40.2 Å². The van der Waals surface area contributed by atoms with Crippen LogP contribution in [0, 0.1) is 13.8 Å². The number of nitrogens with zero attached hydrogens (tertiary/aromatic N) is 1. The molecule has 2 aromatic rings. The smallest absolute Gasteiger partial charge is 0.0656 e. The summed E-state index contributed by atoms with van der Waals surface area (Å²) in [6.45, 7) is 4.70. The summed E-state index contributed by atoms with van der Waals surface area (Å²) in [5.41, 5.74) is 10.6. The summed E-state index contributed by atoms with van der Waals surface area (Å²) in [5, 5.41) is 10.8. The van der Waals surface area contributed by atoms with E-state index >= 15 is 0 Å². The molecule has 90 valence electrons. The van der Waals surface area contributed by atoms with Gasteiger partial charge in [0, 0.05) is 23.5 Å². The summed E-state index contributed by atoms with van der Waals surface area (Å²) in [7, 11) is 0. The van der Waals surface area contributed by atoms with E-state index in [1.54, 1.807) is 0 Å². The number of H-pyrrole nitrogens is 1. The Kier molecular flexibility index (Phi) is 3.24. The number of rotatable bonds is 3. The molecule has 0 saturated carbocycles. The van der Waals surface area contributed by atoms with Crippen molar-refractivity contribution < 1.29 is 0 Å². The molecule has 17 heavy (non-hydrogen) atoms. The predicted octanol–water partition coefficient (Wildman–Crippen LogP) is 2.87. The van der Waals surface area contributed by atoms with E-state index in [2.05, 4.69) is 15.5 Å². The Morgan fingerprint density at radius 2 is 2.18 bits per heavy atom. The van der Waals surface area contributed by atoms with Crippen molar-refractivity contribution in [3.8, 4) is 0 Å². The number of aromatic nitrogens is 2. The van der Waals surface area contributed by atoms with Crippen LogP contribution in [0.4, 0.5) is 11.4 Å². The fourth-order valence-corrected chi connectivity index (χ4v) is 1.80. The fraction of sp³-hybridized carbons (Fsp3) is 0.250. The second-order valence-corrected chi connectivity index (χ2v) is 4.47. The first-order valence-corrected chi connectivity index (χ1v) is 5.74. The standard InChI is InChI=1S/C12H15ClN4/c1-7-3-11(14)10(13)4-12(7)15-5-9-6-16-17-8(9)2/h3-4,6,15H,5,14H2,1-2H3,(H,16,17). The molecule has 0 fully saturated rings. The van der Waals surface area contributed by atoms with Crippen LogP contribution in [0.15, 0.2) is 18.3 Å². The van der Waals surface area contributed by atoms with Crippen LogP contribution in [0.2, 0.25) is 5.02 Å². The van der Waals surface area contributed by atoms with Gasteiger partial charge in [0.2, 0.25) is 0 Å². The normalized spacial score (nSPS) is 10.5. The largest absolute Gasteiger partial charge is 0.398 e. The lowest BCUT2D eigenvalue weighted by atomic mass is 10.1. The molecule has 0 atom stereocenters. The lowest BCUT2D eigenvalue weighted by Gasteiger charge is -2.11. The molecule has 0 bridgehead atoms. The minimum atomic E-state index is 0.571. The van der Waals surface area contributed by atoms with Crippen LogP contribution < -0.4 is 11.1 Å². The van der Waals surface area contributed by atoms with Gasteiger partial charge in [-0.15, -0.1) is 0 Å². The zero-order valence-electron chi connectivity index (χ0n) is 9.84. The fourth-order valence-electron chi connectivity index (χ4n) is 1.64. The molecule has 4 N–H and O–H groups in total. The van der Waals surface area contributed by atoms with Gasteiger partial charge in [0.15, 0.2) is 0 Å². The Morgan fingerprint density at radius 1 is 1.41 bits per heavy atom. The summed E-state index contributed by atoms with van der Waals surface area (Å²) in [6, 6.07) is 3.72. The number of hydrogen-bond donors (Lipinski definition) is 3. The van der Waals surface area contributed by atoms with Gasteiger partial charge in [-0.3, -0.25) is 5.10 Å². The average Bonchev–Trinajstić information content (AvgIpc) is 2.68. The zero-order chi connectivity index (χ0) is 12.4. The van der Waals surface area contributed by atoms with Crippen molar-refractivity contribution in [2.24, 2.45) is 0 Å². The molecule has 1 aromatic carbocycles. The number of halogens is 1. The van der Waals surface area contributed by atoms with E-state index in [1.807, 2.05) is 32.2 Å². The van der Waals surface area contributed by atoms with Gasteiger partial charge in [-0.1, -0.05) is 11.6 Å². The molecule has 0 aliphatic rings. The molecule has 5 heteroatoms. The lowest BCUT2D eigenvalue weighted by Crippen LogP contribution is -2.02. The van der Waals surface area contributed by atoms with Crippen LogP contribution in [-0.4, -0.2) is 10.2 Å². The molecule has 0 unspecified atom stereocenters. The number of benzene rings is 1. The molecule has 0 saturated heterocycles. The minimum absolute atomic E-state index is 0.571. The van der Waals surface area contributed by atoms with Crippen LogP contribution in [0.1, 0.15) is 16.8 Å². The second-order valence-electron chi connectivity index (χ2n) is 4.06. The van der Waals surface area contributed by atoms with Gasteiger partial charge in [-0.05, 0) is 31.5 Å². The van der Waals surface area contributed by atoms with Gasteiger partial charge >= 0.3 is 0 Å². The quantitative estimate of drug-likeness (QED) is 0.734. The summed E-state index contributed by atoms with van der Waals surface area (Å²) in [4.78, 5) is 0. The van der Waals surface area contributed by atoms with E-state index in [0.29, 0.717) is 17.3 Å². The number of nitrogens with two attached hydrogens (primary N) is 1. The van der Waals surface area contributed by atoms with Crippen molar-refractivity contribution in [3.63, 3.8) is 0 Å². The van der Waals surface area contributed by atoms with E-state index in [0.717, 1.165) is 22.5 Å². The lowest BCUT2D eigenvalue weighted by molar-refractivity contribution is 1.04. The highest BCUT2D eigenvalue weighted by Crippen LogP contribution is 2.27. The van der Waals surface area contributed by atoms with Gasteiger partial charge < -0.3 is 11.1 Å². The highest BCUT2D eigenvalue weighted by molar-refractivity contribution is 6.33. The van der Waals surface area contributed by atoms with E-state index in [-0.39, 0.29) is 0 Å². The van der Waals surface area contributed by atoms with Crippen molar-refractivity contribution in [1.29, 1.82) is 0 Å². The van der Waals surface area contributed by atoms with E-state index < -0.39 is 0 Å². The first-order chi connectivity index (χ1) is 8.08. The van der Waals surface area contributed by atoms with Crippen LogP contribution in [0.5, 0.6) is 0 Å². The maximum atomic E-state index is 5.99. The number of nitrogen functional groups attached to an aromatic ring is 1. The molecule has 0 amide bonds. The topological polar surface area (TPSA) is 66.7 Å². The molecule has 1 heterocycles. The Labute approximate surface area is 105 Å². The molecule has 0 radical (unpaired) electrons. The summed E-state index contributed by atoms with van der Waals surface area (Å²) < 4.78 is 0. The molecule has 0 aliphatic carbocycles. The molecule has 1 aromatic heterocycles. The van der Waals surface area contributed by atoms with Gasteiger partial charge in [0.25, 0.3) is 0 Å². The minimum Gasteiger partial charge on any atom is -0.398 e. The molecule has 2 rings (SSSR count). The molecule has 0 spiro atoms. The van der Waals surface area contributed by atoms with Gasteiger partial charge in [0.1, 0.15) is 0 Å². The number of aryl methyl sites for hydroxylation is 2. The first kappa shape index (κ1) is 11.8. The Bertz CT molecular complexity index is 533. The maximum Gasteiger partial charge on any atom is 0.0656 e. The summed E-state index contributed by atoms with van der Waals surface area (Å²) in [5.74, 6) is 0. The van der Waals surface area contributed by atoms with Gasteiger partial charge in [-0.25, -0.2) is 0 Å².